The van der Waals surface area contributed by atoms with Crippen molar-refractivity contribution in [2.75, 3.05) is 4.90 Å². The summed E-state index contributed by atoms with van der Waals surface area (Å²) in [6, 6.07) is 21.7. The van der Waals surface area contributed by atoms with Crippen molar-refractivity contribution in [1.82, 2.24) is 10.2 Å². The third-order valence-electron chi connectivity index (χ3n) is 6.54. The fourth-order valence-corrected chi connectivity index (χ4v) is 5.72. The molecule has 2 aliphatic rings. The smallest absolute Gasteiger partial charge is 0.332 e. The number of imide groups is 1. The molecule has 2 atom stereocenters. The molecule has 2 unspecified atom stereocenters. The van der Waals surface area contributed by atoms with Crippen LogP contribution in [-0.4, -0.2) is 34.0 Å². The molecule has 0 aliphatic carbocycles. The van der Waals surface area contributed by atoms with Crippen molar-refractivity contribution in [3.05, 3.63) is 112 Å². The summed E-state index contributed by atoms with van der Waals surface area (Å²) in [4.78, 5) is 42.3. The maximum Gasteiger partial charge on any atom is 0.332 e. The van der Waals surface area contributed by atoms with Crippen LogP contribution in [0, 0.1) is 6.92 Å². The molecule has 8 heteroatoms. The number of benzene rings is 3. The number of anilines is 1. The van der Waals surface area contributed by atoms with Crippen molar-refractivity contribution < 1.29 is 14.4 Å². The third kappa shape index (κ3) is 5.43. The van der Waals surface area contributed by atoms with Gasteiger partial charge in [-0.25, -0.2) is 9.69 Å². The highest BCUT2D eigenvalue weighted by atomic mass is 35.5. The van der Waals surface area contributed by atoms with Crippen LogP contribution < -0.4 is 10.2 Å². The van der Waals surface area contributed by atoms with Gasteiger partial charge in [-0.3, -0.25) is 9.59 Å². The second-order valence-corrected chi connectivity index (χ2v) is 10.6. The molecule has 3 aromatic rings. The quantitative estimate of drug-likeness (QED) is 0.438. The number of rotatable bonds is 7. The molecule has 0 bridgehead atoms. The van der Waals surface area contributed by atoms with Gasteiger partial charge in [0.2, 0.25) is 5.91 Å². The third-order valence-corrected chi connectivity index (χ3v) is 8.00. The molecule has 2 heterocycles. The molecule has 0 aromatic heterocycles. The van der Waals surface area contributed by atoms with E-state index in [9.17, 15) is 14.4 Å². The zero-order chi connectivity index (χ0) is 25.9. The number of fused-ring (bicyclic) bond motifs is 1. The molecular weight excluding hydrogens is 506 g/mol. The van der Waals surface area contributed by atoms with E-state index >= 15 is 0 Å². The zero-order valence-corrected chi connectivity index (χ0v) is 21.8. The van der Waals surface area contributed by atoms with Gasteiger partial charge in [-0.2, -0.15) is 0 Å². The lowest BCUT2D eigenvalue weighted by atomic mass is 10.0. The number of carbonyl (C=O) groups excluding carboxylic acids is 3. The first kappa shape index (κ1) is 25.1. The summed E-state index contributed by atoms with van der Waals surface area (Å²) in [7, 11) is 0. The highest BCUT2D eigenvalue weighted by Crippen LogP contribution is 2.37. The van der Waals surface area contributed by atoms with Crippen LogP contribution in [-0.2, 0) is 29.1 Å². The van der Waals surface area contributed by atoms with Crippen LogP contribution in [0.1, 0.15) is 22.3 Å². The Bertz CT molecular complexity index is 1360. The Balaban J connectivity index is 1.28. The lowest BCUT2D eigenvalue weighted by molar-refractivity contribution is -0.121. The van der Waals surface area contributed by atoms with E-state index in [2.05, 4.69) is 5.32 Å². The van der Waals surface area contributed by atoms with E-state index in [1.807, 2.05) is 60.9 Å². The molecule has 3 aromatic carbocycles. The summed E-state index contributed by atoms with van der Waals surface area (Å²) in [5.41, 5.74) is 4.31. The largest absolute Gasteiger partial charge is 0.352 e. The lowest BCUT2D eigenvalue weighted by Gasteiger charge is -2.41. The van der Waals surface area contributed by atoms with Crippen molar-refractivity contribution in [2.45, 2.75) is 37.7 Å². The summed E-state index contributed by atoms with van der Waals surface area (Å²) >= 11 is 7.78. The molecule has 4 amide bonds. The molecule has 0 saturated carbocycles. The van der Waals surface area contributed by atoms with E-state index < -0.39 is 5.25 Å². The number of thioether (sulfide) groups is 1. The number of hydrogen-bond acceptors (Lipinski definition) is 4. The lowest BCUT2D eigenvalue weighted by Crippen LogP contribution is -2.61. The predicted molar refractivity (Wildman–Crippen MR) is 147 cm³/mol. The van der Waals surface area contributed by atoms with E-state index in [-0.39, 0.29) is 30.3 Å². The van der Waals surface area contributed by atoms with E-state index in [0.717, 1.165) is 16.7 Å². The van der Waals surface area contributed by atoms with Gasteiger partial charge in [0.15, 0.2) is 0 Å². The Kier molecular flexibility index (Phi) is 7.35. The number of urea groups is 1. The summed E-state index contributed by atoms with van der Waals surface area (Å²) in [6.45, 7) is 2.78. The molecule has 6 nitrogen and oxygen atoms in total. The standard InChI is InChI=1S/C29H26ClN3O3S/c1-19-6-8-21(9-7-19)17-31-26(34)16-20-10-12-23(13-11-20)33-28(35)27-25(14-15-37-27)32(29(33)36)18-22-4-2-3-5-24(22)30/h2-15,25,27H,16-18H2,1H3,(H,31,34). The average molecular weight is 532 g/mol. The van der Waals surface area contributed by atoms with Gasteiger partial charge in [-0.1, -0.05) is 77.8 Å². The van der Waals surface area contributed by atoms with Gasteiger partial charge in [0, 0.05) is 18.1 Å². The Labute approximate surface area is 225 Å². The number of nitrogens with one attached hydrogen (secondary N) is 1. The van der Waals surface area contributed by atoms with Crippen LogP contribution >= 0.6 is 23.4 Å². The minimum absolute atomic E-state index is 0.0966. The fourth-order valence-electron chi connectivity index (χ4n) is 4.48. The van der Waals surface area contributed by atoms with E-state index in [4.69, 9.17) is 11.6 Å². The van der Waals surface area contributed by atoms with Crippen LogP contribution in [0.25, 0.3) is 0 Å². The Hall–Kier alpha value is -3.55. The molecule has 0 spiro atoms. The molecule has 5 rings (SSSR count). The highest BCUT2D eigenvalue weighted by molar-refractivity contribution is 8.03. The van der Waals surface area contributed by atoms with Crippen molar-refractivity contribution in [2.24, 2.45) is 0 Å². The first-order valence-corrected chi connectivity index (χ1v) is 13.3. The van der Waals surface area contributed by atoms with Gasteiger partial charge >= 0.3 is 6.03 Å². The summed E-state index contributed by atoms with van der Waals surface area (Å²) < 4.78 is 0. The molecule has 1 saturated heterocycles. The molecular formula is C29H26ClN3O3S. The maximum atomic E-state index is 13.6. The van der Waals surface area contributed by atoms with Crippen LogP contribution in [0.4, 0.5) is 10.5 Å². The summed E-state index contributed by atoms with van der Waals surface area (Å²) in [5.74, 6) is -0.343. The fraction of sp³-hybridized carbons (Fsp3) is 0.207. The van der Waals surface area contributed by atoms with Gasteiger partial charge in [0.25, 0.3) is 5.91 Å². The highest BCUT2D eigenvalue weighted by Gasteiger charge is 2.47. The van der Waals surface area contributed by atoms with Crippen molar-refractivity contribution >= 4 is 46.9 Å². The molecule has 1 N–H and O–H groups in total. The van der Waals surface area contributed by atoms with E-state index in [0.29, 0.717) is 23.8 Å². The van der Waals surface area contributed by atoms with Crippen LogP contribution in [0.5, 0.6) is 0 Å². The maximum absolute atomic E-state index is 13.6. The number of halogens is 1. The molecule has 188 valence electrons. The molecule has 1 fully saturated rings. The van der Waals surface area contributed by atoms with Gasteiger partial charge in [-0.05, 0) is 47.2 Å². The normalized spacial score (nSPS) is 18.8. The Morgan fingerprint density at radius 1 is 0.973 bits per heavy atom. The topological polar surface area (TPSA) is 69.7 Å². The predicted octanol–water partition coefficient (Wildman–Crippen LogP) is 5.47. The zero-order valence-electron chi connectivity index (χ0n) is 20.3. The van der Waals surface area contributed by atoms with Gasteiger partial charge in [0.1, 0.15) is 5.25 Å². The van der Waals surface area contributed by atoms with Crippen molar-refractivity contribution in [1.29, 1.82) is 0 Å². The SMILES string of the molecule is Cc1ccc(CNC(=O)Cc2ccc(N3C(=O)C4SC=CC4N(Cc4ccccc4Cl)C3=O)cc2)cc1. The van der Waals surface area contributed by atoms with Crippen LogP contribution in [0.15, 0.2) is 84.3 Å². The van der Waals surface area contributed by atoms with Gasteiger partial charge in [-0.15, -0.1) is 11.8 Å². The van der Waals surface area contributed by atoms with Crippen LogP contribution in [0.3, 0.4) is 0 Å². The van der Waals surface area contributed by atoms with E-state index in [1.165, 1.54) is 22.2 Å². The van der Waals surface area contributed by atoms with Gasteiger partial charge < -0.3 is 10.2 Å². The minimum Gasteiger partial charge on any atom is -0.352 e. The molecule has 2 aliphatic heterocycles. The minimum atomic E-state index is -0.410. The number of nitrogens with zero attached hydrogens (tertiary/aromatic N) is 2. The molecule has 37 heavy (non-hydrogen) atoms. The number of hydrogen-bond donors (Lipinski definition) is 1. The van der Waals surface area contributed by atoms with E-state index in [1.54, 1.807) is 35.2 Å². The average Bonchev–Trinajstić information content (AvgIpc) is 3.39. The second kappa shape index (κ2) is 10.8. The Morgan fingerprint density at radius 2 is 1.68 bits per heavy atom. The van der Waals surface area contributed by atoms with Crippen molar-refractivity contribution in [3.8, 4) is 0 Å². The second-order valence-electron chi connectivity index (χ2n) is 9.16. The summed E-state index contributed by atoms with van der Waals surface area (Å²) in [5, 5.41) is 4.98. The molecule has 0 radical (unpaired) electrons. The first-order chi connectivity index (χ1) is 17.9. The van der Waals surface area contributed by atoms with Gasteiger partial charge in [0.05, 0.1) is 18.2 Å². The number of amides is 4. The number of aryl methyl sites for hydroxylation is 1. The number of carbonyl (C=O) groups is 3. The Morgan fingerprint density at radius 3 is 2.41 bits per heavy atom. The first-order valence-electron chi connectivity index (χ1n) is 12.0. The van der Waals surface area contributed by atoms with Crippen LogP contribution in [0.2, 0.25) is 5.02 Å². The van der Waals surface area contributed by atoms with Crippen molar-refractivity contribution in [3.63, 3.8) is 0 Å². The summed E-state index contributed by atoms with van der Waals surface area (Å²) in [6.07, 6.45) is 2.11. The monoisotopic (exact) mass is 531 g/mol.